The molecule has 1 aromatic heterocycles. The summed E-state index contributed by atoms with van der Waals surface area (Å²) in [5, 5.41) is 6.66. The molecule has 25 heavy (non-hydrogen) atoms. The van der Waals surface area contributed by atoms with Gasteiger partial charge in [-0.2, -0.15) is 0 Å². The molecule has 136 valence electrons. The van der Waals surface area contributed by atoms with E-state index in [1.165, 1.54) is 38.5 Å². The predicted octanol–water partition coefficient (Wildman–Crippen LogP) is 4.36. The van der Waals surface area contributed by atoms with Crippen LogP contribution in [0.5, 0.6) is 0 Å². The zero-order chi connectivity index (χ0) is 17.6. The molecular formula is C21H31N3O. The van der Waals surface area contributed by atoms with Crippen molar-refractivity contribution < 1.29 is 4.79 Å². The van der Waals surface area contributed by atoms with Crippen molar-refractivity contribution in [2.75, 3.05) is 0 Å². The molecule has 4 aliphatic carbocycles. The van der Waals surface area contributed by atoms with E-state index < -0.39 is 0 Å². The number of nitrogens with zero attached hydrogens (tertiary/aromatic N) is 1. The highest BCUT2D eigenvalue weighted by atomic mass is 16.2. The third-order valence-corrected chi connectivity index (χ3v) is 6.71. The van der Waals surface area contributed by atoms with E-state index in [1.54, 1.807) is 0 Å². The van der Waals surface area contributed by atoms with Crippen LogP contribution < -0.4 is 10.6 Å². The lowest BCUT2D eigenvalue weighted by Gasteiger charge is -2.56. The minimum absolute atomic E-state index is 0.00861. The highest BCUT2D eigenvalue weighted by Crippen LogP contribution is 2.55. The Labute approximate surface area is 151 Å². The summed E-state index contributed by atoms with van der Waals surface area (Å²) < 4.78 is 0. The molecule has 1 atom stereocenters. The molecule has 0 aromatic carbocycles. The van der Waals surface area contributed by atoms with Gasteiger partial charge in [0.05, 0.1) is 11.7 Å². The first-order valence-electron chi connectivity index (χ1n) is 9.94. The Bertz CT molecular complexity index is 619. The lowest BCUT2D eigenvalue weighted by atomic mass is 9.53. The number of carbonyl (C=O) groups is 1. The summed E-state index contributed by atoms with van der Waals surface area (Å²) >= 11 is 0. The summed E-state index contributed by atoms with van der Waals surface area (Å²) in [6.07, 6.45) is 9.54. The Kier molecular flexibility index (Phi) is 4.25. The van der Waals surface area contributed by atoms with Crippen LogP contribution in [0.3, 0.4) is 0 Å². The molecule has 4 bridgehead atoms. The summed E-state index contributed by atoms with van der Waals surface area (Å²) in [6, 6.07) is 3.96. The summed E-state index contributed by atoms with van der Waals surface area (Å²) in [4.78, 5) is 17.4. The first-order valence-corrected chi connectivity index (χ1v) is 9.94. The molecular weight excluding hydrogens is 310 g/mol. The van der Waals surface area contributed by atoms with E-state index in [0.717, 1.165) is 29.0 Å². The first kappa shape index (κ1) is 16.9. The maximum Gasteiger partial charge on any atom is 0.315 e. The van der Waals surface area contributed by atoms with Crippen LogP contribution >= 0.6 is 0 Å². The van der Waals surface area contributed by atoms with Gasteiger partial charge >= 0.3 is 6.03 Å². The molecule has 0 aliphatic heterocycles. The molecule has 2 amide bonds. The lowest BCUT2D eigenvalue weighted by molar-refractivity contribution is -0.0137. The third kappa shape index (κ3) is 3.28. The highest BCUT2D eigenvalue weighted by Gasteiger charge is 2.51. The molecule has 1 heterocycles. The van der Waals surface area contributed by atoms with Gasteiger partial charge in [0.2, 0.25) is 0 Å². The average Bonchev–Trinajstić information content (AvgIpc) is 2.51. The largest absolute Gasteiger partial charge is 0.333 e. The number of rotatable bonds is 4. The smallest absolute Gasteiger partial charge is 0.315 e. The number of aromatic nitrogens is 1. The van der Waals surface area contributed by atoms with Crippen molar-refractivity contribution >= 4 is 6.03 Å². The van der Waals surface area contributed by atoms with Crippen molar-refractivity contribution in [3.8, 4) is 0 Å². The van der Waals surface area contributed by atoms with E-state index in [0.29, 0.717) is 5.92 Å². The number of urea groups is 1. The number of aryl methyl sites for hydroxylation is 1. The summed E-state index contributed by atoms with van der Waals surface area (Å²) in [5.41, 5.74) is 2.17. The second-order valence-corrected chi connectivity index (χ2v) is 9.22. The normalized spacial score (nSPS) is 34.2. The SMILES string of the molecule is Cc1cccnc1[C@@H](NC(=O)NC12CC3CC(CC(C3)C1)C2)C(C)C. The van der Waals surface area contributed by atoms with E-state index in [-0.39, 0.29) is 17.6 Å². The molecule has 4 heteroatoms. The van der Waals surface area contributed by atoms with Gasteiger partial charge in [0.15, 0.2) is 0 Å². The fourth-order valence-corrected chi connectivity index (χ4v) is 6.06. The molecule has 0 saturated heterocycles. The second kappa shape index (κ2) is 6.30. The Hall–Kier alpha value is -1.58. The van der Waals surface area contributed by atoms with Gasteiger partial charge in [0.25, 0.3) is 0 Å². The van der Waals surface area contributed by atoms with Crippen LogP contribution in [0, 0.1) is 30.6 Å². The molecule has 4 aliphatic rings. The number of hydrogen-bond acceptors (Lipinski definition) is 2. The van der Waals surface area contributed by atoms with Crippen LogP contribution in [-0.4, -0.2) is 16.6 Å². The van der Waals surface area contributed by atoms with Crippen molar-refractivity contribution in [3.63, 3.8) is 0 Å². The van der Waals surface area contributed by atoms with Crippen molar-refractivity contribution in [2.24, 2.45) is 23.7 Å². The van der Waals surface area contributed by atoms with Gasteiger partial charge in [-0.3, -0.25) is 4.98 Å². The van der Waals surface area contributed by atoms with E-state index in [4.69, 9.17) is 0 Å². The maximum absolute atomic E-state index is 12.9. The van der Waals surface area contributed by atoms with E-state index >= 15 is 0 Å². The molecule has 2 N–H and O–H groups in total. The summed E-state index contributed by atoms with van der Waals surface area (Å²) in [7, 11) is 0. The monoisotopic (exact) mass is 341 g/mol. The maximum atomic E-state index is 12.9. The molecule has 0 unspecified atom stereocenters. The summed E-state index contributed by atoms with van der Waals surface area (Å²) in [6.45, 7) is 6.35. The highest BCUT2D eigenvalue weighted by molar-refractivity contribution is 5.75. The number of carbonyl (C=O) groups excluding carboxylic acids is 1. The van der Waals surface area contributed by atoms with Gasteiger partial charge in [-0.15, -0.1) is 0 Å². The number of amides is 2. The van der Waals surface area contributed by atoms with Crippen LogP contribution in [-0.2, 0) is 0 Å². The number of nitrogens with one attached hydrogen (secondary N) is 2. The van der Waals surface area contributed by atoms with Crippen LogP contribution in [0.1, 0.15) is 69.7 Å². The Morgan fingerprint density at radius 3 is 2.28 bits per heavy atom. The standard InChI is InChI=1S/C21H31N3O/c1-13(2)18(19-14(3)5-4-6-22-19)23-20(25)24-21-10-15-7-16(11-21)9-17(8-15)12-21/h4-6,13,15-18H,7-12H2,1-3H3,(H2,23,24,25)/t15?,16?,17?,18-,21?/m0/s1. The fraction of sp³-hybridized carbons (Fsp3) is 0.714. The first-order chi connectivity index (χ1) is 11.9. The quantitative estimate of drug-likeness (QED) is 0.855. The minimum atomic E-state index is -0.0462. The van der Waals surface area contributed by atoms with Crippen LogP contribution in [0.25, 0.3) is 0 Å². The number of pyridine rings is 1. The molecule has 0 radical (unpaired) electrons. The zero-order valence-corrected chi connectivity index (χ0v) is 15.7. The van der Waals surface area contributed by atoms with Crippen LogP contribution in [0.15, 0.2) is 18.3 Å². The zero-order valence-electron chi connectivity index (χ0n) is 15.7. The number of hydrogen-bond donors (Lipinski definition) is 2. The van der Waals surface area contributed by atoms with Crippen molar-refractivity contribution in [1.29, 1.82) is 0 Å². The van der Waals surface area contributed by atoms with Crippen LogP contribution in [0.4, 0.5) is 4.79 Å². The molecule has 1 aromatic rings. The van der Waals surface area contributed by atoms with Crippen molar-refractivity contribution in [2.45, 2.75) is 70.9 Å². The van der Waals surface area contributed by atoms with Gasteiger partial charge < -0.3 is 10.6 Å². The minimum Gasteiger partial charge on any atom is -0.333 e. The van der Waals surface area contributed by atoms with E-state index in [1.807, 2.05) is 12.3 Å². The summed E-state index contributed by atoms with van der Waals surface area (Å²) in [5.74, 6) is 2.82. The average molecular weight is 341 g/mol. The van der Waals surface area contributed by atoms with Gasteiger partial charge in [0.1, 0.15) is 0 Å². The van der Waals surface area contributed by atoms with E-state index in [2.05, 4.69) is 42.5 Å². The Balaban J connectivity index is 1.47. The Morgan fingerprint density at radius 2 is 1.76 bits per heavy atom. The molecule has 4 saturated carbocycles. The van der Waals surface area contributed by atoms with Gasteiger partial charge in [0, 0.05) is 11.7 Å². The van der Waals surface area contributed by atoms with Gasteiger partial charge in [-0.25, -0.2) is 4.79 Å². The topological polar surface area (TPSA) is 54.0 Å². The lowest BCUT2D eigenvalue weighted by Crippen LogP contribution is -2.61. The molecule has 5 rings (SSSR count). The van der Waals surface area contributed by atoms with Crippen LogP contribution in [0.2, 0.25) is 0 Å². The van der Waals surface area contributed by atoms with Gasteiger partial charge in [-0.05, 0) is 80.8 Å². The molecule has 4 nitrogen and oxygen atoms in total. The van der Waals surface area contributed by atoms with Crippen molar-refractivity contribution in [1.82, 2.24) is 15.6 Å². The molecule has 0 spiro atoms. The Morgan fingerprint density at radius 1 is 1.16 bits per heavy atom. The fourth-order valence-electron chi connectivity index (χ4n) is 6.06. The third-order valence-electron chi connectivity index (χ3n) is 6.71. The predicted molar refractivity (Wildman–Crippen MR) is 99.1 cm³/mol. The van der Waals surface area contributed by atoms with E-state index in [9.17, 15) is 4.79 Å². The van der Waals surface area contributed by atoms with Crippen molar-refractivity contribution in [3.05, 3.63) is 29.6 Å². The molecule has 4 fully saturated rings. The second-order valence-electron chi connectivity index (χ2n) is 9.22. The van der Waals surface area contributed by atoms with Gasteiger partial charge in [-0.1, -0.05) is 19.9 Å².